The van der Waals surface area contributed by atoms with Crippen LogP contribution in [-0.4, -0.2) is 35.8 Å². The molecule has 1 aliphatic rings. The molecule has 17 heavy (non-hydrogen) atoms. The molecule has 0 bridgehead atoms. The summed E-state index contributed by atoms with van der Waals surface area (Å²) in [6, 6.07) is 8.87. The van der Waals surface area contributed by atoms with E-state index in [2.05, 4.69) is 11.0 Å². The fourth-order valence-electron chi connectivity index (χ4n) is 2.14. The largest absolute Gasteiger partial charge is 0.508 e. The van der Waals surface area contributed by atoms with Gasteiger partial charge in [0.15, 0.2) is 0 Å². The smallest absolute Gasteiger partial charge is 0.124 e. The molecule has 0 spiro atoms. The first-order valence-electron chi connectivity index (χ1n) is 5.75. The molecule has 2 atom stereocenters. The van der Waals surface area contributed by atoms with Crippen molar-refractivity contribution in [3.8, 4) is 11.8 Å². The minimum atomic E-state index is -0.312. The highest BCUT2D eigenvalue weighted by atomic mass is 16.5. The maximum absolute atomic E-state index is 9.46. The Morgan fingerprint density at radius 2 is 2.41 bits per heavy atom. The average Bonchev–Trinajstić information content (AvgIpc) is 2.30. The first-order chi connectivity index (χ1) is 8.20. The number of morpholine rings is 1. The minimum absolute atomic E-state index is 0.150. The number of nitrogens with zero attached hydrogens (tertiary/aromatic N) is 2. The van der Waals surface area contributed by atoms with E-state index in [1.165, 1.54) is 0 Å². The molecule has 4 heteroatoms. The van der Waals surface area contributed by atoms with Crippen molar-refractivity contribution in [2.24, 2.45) is 0 Å². The fraction of sp³-hybridized carbons (Fsp3) is 0.462. The molecular formula is C13H16N2O2. The maximum atomic E-state index is 9.46. The number of aromatic hydroxyl groups is 1. The lowest BCUT2D eigenvalue weighted by molar-refractivity contribution is -0.0269. The van der Waals surface area contributed by atoms with Crippen LogP contribution in [0.4, 0.5) is 0 Å². The predicted octanol–water partition coefficient (Wildman–Crippen LogP) is 1.68. The van der Waals surface area contributed by atoms with Gasteiger partial charge >= 0.3 is 0 Å². The van der Waals surface area contributed by atoms with E-state index in [1.807, 2.05) is 13.0 Å². The Hall–Kier alpha value is -1.57. The molecular weight excluding hydrogens is 216 g/mol. The zero-order valence-electron chi connectivity index (χ0n) is 9.84. The van der Waals surface area contributed by atoms with Gasteiger partial charge in [0.05, 0.1) is 18.8 Å². The summed E-state index contributed by atoms with van der Waals surface area (Å²) >= 11 is 0. The van der Waals surface area contributed by atoms with Gasteiger partial charge in [-0.1, -0.05) is 12.1 Å². The highest BCUT2D eigenvalue weighted by molar-refractivity contribution is 5.32. The van der Waals surface area contributed by atoms with Crippen LogP contribution in [0.2, 0.25) is 0 Å². The number of rotatable bonds is 2. The Bertz CT molecular complexity index is 428. The lowest BCUT2D eigenvalue weighted by atomic mass is 10.1. The van der Waals surface area contributed by atoms with Crippen LogP contribution in [0.25, 0.3) is 0 Å². The van der Waals surface area contributed by atoms with Crippen molar-refractivity contribution in [1.29, 1.82) is 5.26 Å². The molecule has 0 saturated carbocycles. The van der Waals surface area contributed by atoms with E-state index in [1.54, 1.807) is 18.2 Å². The Kier molecular flexibility index (Phi) is 3.62. The number of nitriles is 1. The molecule has 1 aromatic carbocycles. The maximum Gasteiger partial charge on any atom is 0.124 e. The zero-order valence-corrected chi connectivity index (χ0v) is 9.84. The van der Waals surface area contributed by atoms with E-state index >= 15 is 0 Å². The van der Waals surface area contributed by atoms with E-state index in [4.69, 9.17) is 4.74 Å². The molecule has 1 saturated heterocycles. The molecule has 4 nitrogen and oxygen atoms in total. The molecule has 90 valence electrons. The van der Waals surface area contributed by atoms with Gasteiger partial charge in [0.2, 0.25) is 0 Å². The van der Waals surface area contributed by atoms with Gasteiger partial charge in [-0.05, 0) is 24.6 Å². The Balaban J connectivity index is 2.19. The molecule has 1 aromatic rings. The quantitative estimate of drug-likeness (QED) is 0.842. The summed E-state index contributed by atoms with van der Waals surface area (Å²) in [5.74, 6) is 0.198. The van der Waals surface area contributed by atoms with Crippen LogP contribution >= 0.6 is 0 Å². The van der Waals surface area contributed by atoms with Gasteiger partial charge in [-0.15, -0.1) is 0 Å². The third-order valence-electron chi connectivity index (χ3n) is 2.95. The van der Waals surface area contributed by atoms with Crippen molar-refractivity contribution in [2.75, 3.05) is 19.7 Å². The topological polar surface area (TPSA) is 56.5 Å². The fourth-order valence-corrected chi connectivity index (χ4v) is 2.14. The summed E-state index contributed by atoms with van der Waals surface area (Å²) in [4.78, 5) is 2.09. The summed E-state index contributed by atoms with van der Waals surface area (Å²) in [5, 5.41) is 18.7. The molecule has 0 aromatic heterocycles. The van der Waals surface area contributed by atoms with Gasteiger partial charge in [0, 0.05) is 13.1 Å². The molecule has 2 rings (SSSR count). The number of ether oxygens (including phenoxy) is 1. The first kappa shape index (κ1) is 11.9. The second kappa shape index (κ2) is 5.17. The minimum Gasteiger partial charge on any atom is -0.508 e. The van der Waals surface area contributed by atoms with E-state index in [0.29, 0.717) is 6.61 Å². The number of benzene rings is 1. The second-order valence-corrected chi connectivity index (χ2v) is 4.30. The third-order valence-corrected chi connectivity index (χ3v) is 2.95. The summed E-state index contributed by atoms with van der Waals surface area (Å²) in [6.45, 7) is 4.15. The predicted molar refractivity (Wildman–Crippen MR) is 63.4 cm³/mol. The first-order valence-corrected chi connectivity index (χ1v) is 5.75. The van der Waals surface area contributed by atoms with Crippen LogP contribution in [-0.2, 0) is 4.74 Å². The Labute approximate surface area is 101 Å². The van der Waals surface area contributed by atoms with Crippen molar-refractivity contribution in [3.63, 3.8) is 0 Å². The van der Waals surface area contributed by atoms with E-state index in [-0.39, 0.29) is 17.9 Å². The Morgan fingerprint density at radius 1 is 1.59 bits per heavy atom. The molecule has 1 fully saturated rings. The van der Waals surface area contributed by atoms with Gasteiger partial charge in [0.1, 0.15) is 11.8 Å². The van der Waals surface area contributed by atoms with Crippen LogP contribution in [0.3, 0.4) is 0 Å². The summed E-state index contributed by atoms with van der Waals surface area (Å²) in [6.07, 6.45) is 0.150. The number of phenolic OH excluding ortho intramolecular Hbond substituents is 1. The third kappa shape index (κ3) is 2.76. The van der Waals surface area contributed by atoms with E-state index in [9.17, 15) is 10.4 Å². The van der Waals surface area contributed by atoms with Gasteiger partial charge in [-0.2, -0.15) is 5.26 Å². The van der Waals surface area contributed by atoms with Crippen LogP contribution in [0.5, 0.6) is 5.75 Å². The molecule has 1 heterocycles. The molecule has 0 amide bonds. The van der Waals surface area contributed by atoms with Crippen molar-refractivity contribution >= 4 is 0 Å². The van der Waals surface area contributed by atoms with Crippen molar-refractivity contribution < 1.29 is 9.84 Å². The van der Waals surface area contributed by atoms with Crippen LogP contribution in [0.1, 0.15) is 18.5 Å². The van der Waals surface area contributed by atoms with E-state index < -0.39 is 0 Å². The molecule has 0 radical (unpaired) electrons. The van der Waals surface area contributed by atoms with Gasteiger partial charge in [-0.3, -0.25) is 4.90 Å². The summed E-state index contributed by atoms with van der Waals surface area (Å²) in [5.41, 5.74) is 0.835. The van der Waals surface area contributed by atoms with Crippen LogP contribution in [0, 0.1) is 11.3 Å². The van der Waals surface area contributed by atoms with Crippen molar-refractivity contribution in [1.82, 2.24) is 4.90 Å². The standard InChI is InChI=1S/C13H16N2O2/c1-10-9-15(5-6-17-10)13(8-14)11-3-2-4-12(16)7-11/h2-4,7,10,13,16H,5-6,9H2,1H3/t10-,13-/m1/s1. The highest BCUT2D eigenvalue weighted by Crippen LogP contribution is 2.24. The lowest BCUT2D eigenvalue weighted by Gasteiger charge is -2.34. The second-order valence-electron chi connectivity index (χ2n) is 4.30. The average molecular weight is 232 g/mol. The molecule has 1 N–H and O–H groups in total. The normalized spacial score (nSPS) is 22.9. The number of hydrogen-bond donors (Lipinski definition) is 1. The van der Waals surface area contributed by atoms with Gasteiger partial charge in [0.25, 0.3) is 0 Å². The monoisotopic (exact) mass is 232 g/mol. The number of phenols is 1. The van der Waals surface area contributed by atoms with E-state index in [0.717, 1.165) is 18.7 Å². The summed E-state index contributed by atoms with van der Waals surface area (Å²) < 4.78 is 5.46. The van der Waals surface area contributed by atoms with Crippen molar-refractivity contribution in [3.05, 3.63) is 29.8 Å². The zero-order chi connectivity index (χ0) is 12.3. The lowest BCUT2D eigenvalue weighted by Crippen LogP contribution is -2.42. The number of hydrogen-bond acceptors (Lipinski definition) is 4. The van der Waals surface area contributed by atoms with Crippen LogP contribution < -0.4 is 0 Å². The SMILES string of the molecule is C[C@@H]1CN([C@H](C#N)c2cccc(O)c2)CCO1. The molecule has 0 aliphatic carbocycles. The van der Waals surface area contributed by atoms with Crippen molar-refractivity contribution in [2.45, 2.75) is 19.1 Å². The highest BCUT2D eigenvalue weighted by Gasteiger charge is 2.25. The molecule has 1 aliphatic heterocycles. The summed E-state index contributed by atoms with van der Waals surface area (Å²) in [7, 11) is 0. The van der Waals surface area contributed by atoms with Gasteiger partial charge in [-0.25, -0.2) is 0 Å². The van der Waals surface area contributed by atoms with Crippen LogP contribution in [0.15, 0.2) is 24.3 Å². The Morgan fingerprint density at radius 3 is 3.06 bits per heavy atom. The van der Waals surface area contributed by atoms with Gasteiger partial charge < -0.3 is 9.84 Å². The molecule has 0 unspecified atom stereocenters.